The molecule has 2 rings (SSSR count). The highest BCUT2D eigenvalue weighted by Gasteiger charge is 2.02. The van der Waals surface area contributed by atoms with Crippen LogP contribution in [0, 0.1) is 4.64 Å². The Kier molecular flexibility index (Phi) is 2.51. The number of nitrogens with one attached hydrogen (secondary N) is 1. The molecule has 0 fully saturated rings. The molecule has 0 saturated carbocycles. The largest absolute Gasteiger partial charge is 0.326 e. The molecule has 1 aromatic carbocycles. The lowest BCUT2D eigenvalue weighted by Gasteiger charge is -2.06. The summed E-state index contributed by atoms with van der Waals surface area (Å²) >= 11 is 4.98. The molecule has 1 heterocycles. The Hall–Kier alpha value is -1.68. The molecule has 0 aliphatic rings. The van der Waals surface area contributed by atoms with E-state index in [-0.39, 0.29) is 5.69 Å². The highest BCUT2D eigenvalue weighted by Crippen LogP contribution is 2.15. The van der Waals surface area contributed by atoms with Crippen molar-refractivity contribution < 1.29 is 0 Å². The molecule has 0 aliphatic heterocycles. The molecule has 1 N–H and O–H groups in total. The van der Waals surface area contributed by atoms with E-state index in [1.165, 1.54) is 0 Å². The number of hydrogen-bond donors (Lipinski definition) is 1. The highest BCUT2D eigenvalue weighted by molar-refractivity contribution is 7.71. The van der Waals surface area contributed by atoms with Crippen molar-refractivity contribution in [1.29, 1.82) is 0 Å². The summed E-state index contributed by atoms with van der Waals surface area (Å²) in [6.07, 6.45) is 0. The number of aromatic amines is 1. The summed E-state index contributed by atoms with van der Waals surface area (Å²) in [5.41, 5.74) is 1.61. The second kappa shape index (κ2) is 3.82. The second-order valence-corrected chi connectivity index (χ2v) is 3.69. The first kappa shape index (κ1) is 9.86. The van der Waals surface area contributed by atoms with Gasteiger partial charge in [-0.15, -0.1) is 0 Å². The smallest absolute Gasteiger partial charge is 0.298 e. The van der Waals surface area contributed by atoms with Crippen LogP contribution in [0.4, 0.5) is 0 Å². The molecule has 0 amide bonds. The van der Waals surface area contributed by atoms with E-state index in [9.17, 15) is 4.79 Å². The van der Waals surface area contributed by atoms with Crippen LogP contribution in [0.15, 0.2) is 41.2 Å². The van der Waals surface area contributed by atoms with Gasteiger partial charge >= 0.3 is 5.69 Å². The fourth-order valence-electron chi connectivity index (χ4n) is 1.44. The van der Waals surface area contributed by atoms with Gasteiger partial charge in [0.2, 0.25) is 0 Å². The number of rotatable bonds is 1. The van der Waals surface area contributed by atoms with Crippen LogP contribution < -0.4 is 5.69 Å². The summed E-state index contributed by atoms with van der Waals surface area (Å²) in [4.78, 5) is 14.0. The van der Waals surface area contributed by atoms with Gasteiger partial charge in [-0.1, -0.05) is 42.5 Å². The summed E-state index contributed by atoms with van der Waals surface area (Å²) in [5.74, 6) is 0. The Bertz CT molecular complexity index is 584. The molecule has 0 spiro atoms. The molecule has 2 aromatic rings. The van der Waals surface area contributed by atoms with E-state index in [0.717, 1.165) is 11.3 Å². The van der Waals surface area contributed by atoms with Crippen LogP contribution in [0.5, 0.6) is 0 Å². The minimum atomic E-state index is -0.193. The minimum absolute atomic E-state index is 0.193. The van der Waals surface area contributed by atoms with Gasteiger partial charge < -0.3 is 0 Å². The van der Waals surface area contributed by atoms with E-state index in [2.05, 4.69) is 4.98 Å². The maximum Gasteiger partial charge on any atom is 0.326 e. The first-order valence-corrected chi connectivity index (χ1v) is 4.95. The molecule has 0 atom stereocenters. The zero-order valence-electron chi connectivity index (χ0n) is 8.23. The van der Waals surface area contributed by atoms with Crippen LogP contribution in [-0.4, -0.2) is 9.55 Å². The quantitative estimate of drug-likeness (QED) is 0.744. The van der Waals surface area contributed by atoms with Gasteiger partial charge in [-0.25, -0.2) is 4.79 Å². The maximum atomic E-state index is 11.5. The van der Waals surface area contributed by atoms with Gasteiger partial charge in [0.15, 0.2) is 0 Å². The maximum absolute atomic E-state index is 11.5. The van der Waals surface area contributed by atoms with Crippen molar-refractivity contribution in [2.24, 2.45) is 7.05 Å². The Morgan fingerprint density at radius 3 is 2.60 bits per heavy atom. The normalized spacial score (nSPS) is 10.2. The van der Waals surface area contributed by atoms with Gasteiger partial charge in [-0.05, 0) is 11.6 Å². The Morgan fingerprint density at radius 1 is 1.27 bits per heavy atom. The molecular weight excluding hydrogens is 208 g/mol. The lowest BCUT2D eigenvalue weighted by atomic mass is 10.1. The number of hydrogen-bond acceptors (Lipinski definition) is 2. The molecule has 0 bridgehead atoms. The summed E-state index contributed by atoms with van der Waals surface area (Å²) < 4.78 is 2.00. The third-order valence-electron chi connectivity index (χ3n) is 2.23. The van der Waals surface area contributed by atoms with Crippen molar-refractivity contribution in [3.05, 3.63) is 51.5 Å². The first-order valence-electron chi connectivity index (χ1n) is 4.54. The third kappa shape index (κ3) is 1.89. The van der Waals surface area contributed by atoms with Crippen molar-refractivity contribution in [2.45, 2.75) is 0 Å². The molecule has 4 heteroatoms. The van der Waals surface area contributed by atoms with Gasteiger partial charge in [0.1, 0.15) is 4.64 Å². The molecule has 3 nitrogen and oxygen atoms in total. The predicted octanol–water partition coefficient (Wildman–Crippen LogP) is 2.11. The average Bonchev–Trinajstić information content (AvgIpc) is 2.24. The van der Waals surface area contributed by atoms with Crippen LogP contribution in [0.1, 0.15) is 0 Å². The zero-order chi connectivity index (χ0) is 10.8. The Balaban J connectivity index is 2.74. The first-order chi connectivity index (χ1) is 7.18. The Morgan fingerprint density at radius 2 is 1.93 bits per heavy atom. The van der Waals surface area contributed by atoms with Crippen molar-refractivity contribution in [1.82, 2.24) is 9.55 Å². The van der Waals surface area contributed by atoms with Crippen LogP contribution >= 0.6 is 12.2 Å². The summed E-state index contributed by atoms with van der Waals surface area (Å²) in [7, 11) is 1.72. The molecule has 1 aromatic heterocycles. The van der Waals surface area contributed by atoms with Crippen LogP contribution in [-0.2, 0) is 7.05 Å². The standard InChI is InChI=1S/C11H10N2OS/c1-13-9(7-10(15)12-11(13)14)8-5-3-2-4-6-8/h2-7H,1H3,(H,12,14,15). The van der Waals surface area contributed by atoms with Crippen molar-refractivity contribution in [3.8, 4) is 11.3 Å². The van der Waals surface area contributed by atoms with E-state index in [1.807, 2.05) is 30.3 Å². The van der Waals surface area contributed by atoms with Crippen LogP contribution in [0.2, 0.25) is 0 Å². The molecule has 15 heavy (non-hydrogen) atoms. The summed E-state index contributed by atoms with van der Waals surface area (Å²) in [6.45, 7) is 0. The monoisotopic (exact) mass is 218 g/mol. The van der Waals surface area contributed by atoms with E-state index >= 15 is 0 Å². The fourth-order valence-corrected chi connectivity index (χ4v) is 1.64. The van der Waals surface area contributed by atoms with E-state index in [1.54, 1.807) is 17.7 Å². The van der Waals surface area contributed by atoms with Gasteiger partial charge in [-0.3, -0.25) is 9.55 Å². The molecule has 0 radical (unpaired) electrons. The van der Waals surface area contributed by atoms with E-state index in [4.69, 9.17) is 12.2 Å². The van der Waals surface area contributed by atoms with Gasteiger partial charge in [0.05, 0.1) is 5.69 Å². The van der Waals surface area contributed by atoms with Crippen LogP contribution in [0.3, 0.4) is 0 Å². The van der Waals surface area contributed by atoms with Crippen molar-refractivity contribution >= 4 is 12.2 Å². The number of benzene rings is 1. The zero-order valence-corrected chi connectivity index (χ0v) is 9.04. The Labute approximate surface area is 92.0 Å². The molecule has 0 unspecified atom stereocenters. The summed E-state index contributed by atoms with van der Waals surface area (Å²) in [5, 5.41) is 0. The van der Waals surface area contributed by atoms with E-state index < -0.39 is 0 Å². The summed E-state index contributed by atoms with van der Waals surface area (Å²) in [6, 6.07) is 11.5. The van der Waals surface area contributed by atoms with Crippen molar-refractivity contribution in [3.63, 3.8) is 0 Å². The second-order valence-electron chi connectivity index (χ2n) is 3.25. The minimum Gasteiger partial charge on any atom is -0.298 e. The number of nitrogens with zero attached hydrogens (tertiary/aromatic N) is 1. The number of H-pyrrole nitrogens is 1. The number of aromatic nitrogens is 2. The molecular formula is C11H10N2OS. The lowest BCUT2D eigenvalue weighted by molar-refractivity contribution is 0.816. The lowest BCUT2D eigenvalue weighted by Crippen LogP contribution is -2.21. The molecule has 0 saturated heterocycles. The topological polar surface area (TPSA) is 37.8 Å². The van der Waals surface area contributed by atoms with Crippen molar-refractivity contribution in [2.75, 3.05) is 0 Å². The SMILES string of the molecule is Cn1c(-c2ccccc2)cc(=S)[nH]c1=O. The van der Waals surface area contributed by atoms with Gasteiger partial charge in [0.25, 0.3) is 0 Å². The fraction of sp³-hybridized carbons (Fsp3) is 0.0909. The molecule has 0 aliphatic carbocycles. The third-order valence-corrected chi connectivity index (χ3v) is 2.45. The predicted molar refractivity (Wildman–Crippen MR) is 62.3 cm³/mol. The van der Waals surface area contributed by atoms with Crippen LogP contribution in [0.25, 0.3) is 11.3 Å². The van der Waals surface area contributed by atoms with Gasteiger partial charge in [0, 0.05) is 7.05 Å². The van der Waals surface area contributed by atoms with Gasteiger partial charge in [-0.2, -0.15) is 0 Å². The molecule has 76 valence electrons. The highest BCUT2D eigenvalue weighted by atomic mass is 32.1. The average molecular weight is 218 g/mol. The van der Waals surface area contributed by atoms with E-state index in [0.29, 0.717) is 4.64 Å².